The molecule has 2 atom stereocenters. The standard InChI is InChI=1S/C13H18N2O/c1-10(11-5-3-2-4-6-11)14-9-12-7-8-13(16)15-12/h2-6,10,12,14H,7-9H2,1H3,(H,15,16). The van der Waals surface area contributed by atoms with Crippen LogP contribution >= 0.6 is 0 Å². The molecule has 86 valence electrons. The molecule has 0 spiro atoms. The molecule has 16 heavy (non-hydrogen) atoms. The van der Waals surface area contributed by atoms with Crippen LogP contribution in [0, 0.1) is 0 Å². The highest BCUT2D eigenvalue weighted by Gasteiger charge is 2.20. The van der Waals surface area contributed by atoms with Gasteiger partial charge in [-0.2, -0.15) is 0 Å². The van der Waals surface area contributed by atoms with E-state index in [2.05, 4.69) is 29.7 Å². The summed E-state index contributed by atoms with van der Waals surface area (Å²) in [4.78, 5) is 11.0. The minimum Gasteiger partial charge on any atom is -0.352 e. The van der Waals surface area contributed by atoms with Crippen LogP contribution in [0.2, 0.25) is 0 Å². The van der Waals surface area contributed by atoms with Crippen molar-refractivity contribution >= 4 is 5.91 Å². The Kier molecular flexibility index (Phi) is 3.57. The van der Waals surface area contributed by atoms with Crippen LogP contribution in [0.25, 0.3) is 0 Å². The summed E-state index contributed by atoms with van der Waals surface area (Å²) in [6, 6.07) is 11.0. The summed E-state index contributed by atoms with van der Waals surface area (Å²) in [5.41, 5.74) is 1.28. The van der Waals surface area contributed by atoms with Crippen molar-refractivity contribution in [2.75, 3.05) is 6.54 Å². The molecule has 2 unspecified atom stereocenters. The highest BCUT2D eigenvalue weighted by molar-refractivity contribution is 5.78. The number of rotatable bonds is 4. The lowest BCUT2D eigenvalue weighted by atomic mass is 10.1. The zero-order valence-corrected chi connectivity index (χ0v) is 9.57. The summed E-state index contributed by atoms with van der Waals surface area (Å²) in [6.07, 6.45) is 1.62. The predicted molar refractivity (Wildman–Crippen MR) is 64.0 cm³/mol. The van der Waals surface area contributed by atoms with Crippen molar-refractivity contribution in [2.24, 2.45) is 0 Å². The smallest absolute Gasteiger partial charge is 0.220 e. The van der Waals surface area contributed by atoms with E-state index in [9.17, 15) is 4.79 Å². The molecular weight excluding hydrogens is 200 g/mol. The number of hydrogen-bond acceptors (Lipinski definition) is 2. The van der Waals surface area contributed by atoms with Crippen molar-refractivity contribution in [3.63, 3.8) is 0 Å². The van der Waals surface area contributed by atoms with Gasteiger partial charge in [0.25, 0.3) is 0 Å². The quantitative estimate of drug-likeness (QED) is 0.806. The third kappa shape index (κ3) is 2.83. The van der Waals surface area contributed by atoms with Gasteiger partial charge in [-0.3, -0.25) is 4.79 Å². The molecule has 1 aromatic carbocycles. The summed E-state index contributed by atoms with van der Waals surface area (Å²) in [5.74, 6) is 0.180. The molecule has 0 aliphatic carbocycles. The molecule has 0 aromatic heterocycles. The second kappa shape index (κ2) is 5.12. The van der Waals surface area contributed by atoms with Gasteiger partial charge in [0, 0.05) is 25.0 Å². The van der Waals surface area contributed by atoms with Crippen LogP contribution in [0.5, 0.6) is 0 Å². The first-order chi connectivity index (χ1) is 7.75. The minimum atomic E-state index is 0.180. The monoisotopic (exact) mass is 218 g/mol. The van der Waals surface area contributed by atoms with Crippen LogP contribution < -0.4 is 10.6 Å². The van der Waals surface area contributed by atoms with Crippen molar-refractivity contribution in [1.29, 1.82) is 0 Å². The summed E-state index contributed by atoms with van der Waals surface area (Å²) in [6.45, 7) is 2.99. The Morgan fingerprint density at radius 1 is 1.44 bits per heavy atom. The summed E-state index contributed by atoms with van der Waals surface area (Å²) < 4.78 is 0. The first-order valence-electron chi connectivity index (χ1n) is 5.83. The fraction of sp³-hybridized carbons (Fsp3) is 0.462. The van der Waals surface area contributed by atoms with E-state index in [1.165, 1.54) is 5.56 Å². The first kappa shape index (κ1) is 11.1. The highest BCUT2D eigenvalue weighted by Crippen LogP contribution is 2.12. The maximum absolute atomic E-state index is 11.0. The molecule has 1 aliphatic rings. The molecule has 1 fully saturated rings. The Balaban J connectivity index is 1.80. The summed E-state index contributed by atoms with van der Waals surface area (Å²) >= 11 is 0. The number of carbonyl (C=O) groups is 1. The van der Waals surface area contributed by atoms with E-state index in [0.717, 1.165) is 13.0 Å². The Bertz CT molecular complexity index is 350. The van der Waals surface area contributed by atoms with Crippen molar-refractivity contribution < 1.29 is 4.79 Å². The maximum atomic E-state index is 11.0. The van der Waals surface area contributed by atoms with Crippen LogP contribution in [0.3, 0.4) is 0 Å². The zero-order valence-electron chi connectivity index (χ0n) is 9.57. The molecule has 1 amide bonds. The van der Waals surface area contributed by atoms with Crippen molar-refractivity contribution in [3.8, 4) is 0 Å². The second-order valence-corrected chi connectivity index (χ2v) is 4.34. The van der Waals surface area contributed by atoms with E-state index < -0.39 is 0 Å². The van der Waals surface area contributed by atoms with E-state index in [0.29, 0.717) is 18.5 Å². The van der Waals surface area contributed by atoms with E-state index >= 15 is 0 Å². The van der Waals surface area contributed by atoms with Gasteiger partial charge < -0.3 is 10.6 Å². The van der Waals surface area contributed by atoms with Crippen molar-refractivity contribution in [3.05, 3.63) is 35.9 Å². The van der Waals surface area contributed by atoms with E-state index in [4.69, 9.17) is 0 Å². The van der Waals surface area contributed by atoms with Crippen LogP contribution in [-0.4, -0.2) is 18.5 Å². The van der Waals surface area contributed by atoms with Gasteiger partial charge in [0.15, 0.2) is 0 Å². The lowest BCUT2D eigenvalue weighted by Gasteiger charge is -2.17. The lowest BCUT2D eigenvalue weighted by molar-refractivity contribution is -0.119. The van der Waals surface area contributed by atoms with Gasteiger partial charge in [0.05, 0.1) is 0 Å². The molecule has 1 aliphatic heterocycles. The van der Waals surface area contributed by atoms with Gasteiger partial charge in [0.2, 0.25) is 5.91 Å². The van der Waals surface area contributed by atoms with Gasteiger partial charge in [-0.05, 0) is 18.9 Å². The van der Waals surface area contributed by atoms with E-state index in [1.54, 1.807) is 0 Å². The first-order valence-corrected chi connectivity index (χ1v) is 5.83. The molecule has 2 N–H and O–H groups in total. The number of amides is 1. The molecule has 2 rings (SSSR count). The predicted octanol–water partition coefficient (Wildman–Crippen LogP) is 1.62. The van der Waals surface area contributed by atoms with Gasteiger partial charge in [0.1, 0.15) is 0 Å². The fourth-order valence-electron chi connectivity index (χ4n) is 2.01. The van der Waals surface area contributed by atoms with E-state index in [-0.39, 0.29) is 5.91 Å². The minimum absolute atomic E-state index is 0.180. The summed E-state index contributed by atoms with van der Waals surface area (Å²) in [5, 5.41) is 6.41. The molecule has 3 heteroatoms. The molecule has 3 nitrogen and oxygen atoms in total. The van der Waals surface area contributed by atoms with Crippen molar-refractivity contribution in [2.45, 2.75) is 31.8 Å². The fourth-order valence-corrected chi connectivity index (χ4v) is 2.01. The zero-order chi connectivity index (χ0) is 11.4. The SMILES string of the molecule is CC(NCC1CCC(=O)N1)c1ccccc1. The summed E-state index contributed by atoms with van der Waals surface area (Å²) in [7, 11) is 0. The molecular formula is C13H18N2O. The molecule has 1 saturated heterocycles. The average molecular weight is 218 g/mol. The molecule has 0 bridgehead atoms. The molecule has 0 radical (unpaired) electrons. The van der Waals surface area contributed by atoms with Gasteiger partial charge in [-0.15, -0.1) is 0 Å². The maximum Gasteiger partial charge on any atom is 0.220 e. The third-order valence-electron chi connectivity index (χ3n) is 3.05. The molecule has 0 saturated carbocycles. The molecule has 1 heterocycles. The Morgan fingerprint density at radius 3 is 2.81 bits per heavy atom. The Labute approximate surface area is 96.2 Å². The Morgan fingerprint density at radius 2 is 2.19 bits per heavy atom. The normalized spacial score (nSPS) is 21.8. The Hall–Kier alpha value is -1.35. The van der Waals surface area contributed by atoms with Gasteiger partial charge >= 0.3 is 0 Å². The van der Waals surface area contributed by atoms with Crippen LogP contribution in [0.15, 0.2) is 30.3 Å². The van der Waals surface area contributed by atoms with Crippen LogP contribution in [0.1, 0.15) is 31.4 Å². The van der Waals surface area contributed by atoms with Gasteiger partial charge in [-0.25, -0.2) is 0 Å². The molecule has 1 aromatic rings. The van der Waals surface area contributed by atoms with Crippen LogP contribution in [-0.2, 0) is 4.79 Å². The average Bonchev–Trinajstić information content (AvgIpc) is 2.73. The van der Waals surface area contributed by atoms with E-state index in [1.807, 2.05) is 18.2 Å². The number of benzene rings is 1. The number of carbonyl (C=O) groups excluding carboxylic acids is 1. The topological polar surface area (TPSA) is 41.1 Å². The largest absolute Gasteiger partial charge is 0.352 e. The van der Waals surface area contributed by atoms with Gasteiger partial charge in [-0.1, -0.05) is 30.3 Å². The second-order valence-electron chi connectivity index (χ2n) is 4.34. The number of hydrogen-bond donors (Lipinski definition) is 2. The highest BCUT2D eigenvalue weighted by atomic mass is 16.1. The number of nitrogens with one attached hydrogen (secondary N) is 2. The lowest BCUT2D eigenvalue weighted by Crippen LogP contribution is -2.36. The third-order valence-corrected chi connectivity index (χ3v) is 3.05. The van der Waals surface area contributed by atoms with Crippen LogP contribution in [0.4, 0.5) is 0 Å². The van der Waals surface area contributed by atoms with Crippen molar-refractivity contribution in [1.82, 2.24) is 10.6 Å².